The van der Waals surface area contributed by atoms with Crippen molar-refractivity contribution in [3.63, 3.8) is 0 Å². The average molecular weight is 347 g/mol. The predicted octanol–water partition coefficient (Wildman–Crippen LogP) is 0.429. The lowest BCUT2D eigenvalue weighted by Gasteiger charge is -2.35. The van der Waals surface area contributed by atoms with Gasteiger partial charge in [0, 0.05) is 20.0 Å². The van der Waals surface area contributed by atoms with E-state index in [-0.39, 0.29) is 11.7 Å². The Bertz CT molecular complexity index is 763. The van der Waals surface area contributed by atoms with Gasteiger partial charge in [0.05, 0.1) is 12.9 Å². The lowest BCUT2D eigenvalue weighted by molar-refractivity contribution is -0.153. The first kappa shape index (κ1) is 16.4. The lowest BCUT2D eigenvalue weighted by Crippen LogP contribution is -2.49. The van der Waals surface area contributed by atoms with Crippen LogP contribution < -0.4 is 0 Å². The van der Waals surface area contributed by atoms with Gasteiger partial charge in [0.2, 0.25) is 11.1 Å². The quantitative estimate of drug-likeness (QED) is 0.585. The first-order valence-electron chi connectivity index (χ1n) is 7.39. The molecule has 0 spiro atoms. The zero-order valence-corrected chi connectivity index (χ0v) is 14.2. The van der Waals surface area contributed by atoms with Crippen molar-refractivity contribution in [3.05, 3.63) is 35.4 Å². The van der Waals surface area contributed by atoms with Crippen molar-refractivity contribution in [2.24, 2.45) is 7.05 Å². The molecule has 0 aliphatic carbocycles. The highest BCUT2D eigenvalue weighted by Gasteiger charge is 2.35. The Labute approximate surface area is 143 Å². The summed E-state index contributed by atoms with van der Waals surface area (Å²) in [6.45, 7) is 0.395. The highest BCUT2D eigenvalue weighted by molar-refractivity contribution is 7.99. The number of ether oxygens (including phenoxy) is 1. The fraction of sp³-hybridized carbons (Fsp3) is 0.400. The van der Waals surface area contributed by atoms with Crippen molar-refractivity contribution in [2.45, 2.75) is 24.2 Å². The molecule has 3 rings (SSSR count). The molecule has 1 aromatic carbocycles. The van der Waals surface area contributed by atoms with Crippen molar-refractivity contribution in [3.8, 4) is 0 Å². The van der Waals surface area contributed by atoms with E-state index in [2.05, 4.69) is 15.5 Å². The number of hydrogen-bond donors (Lipinski definition) is 0. The minimum atomic E-state index is -0.601. The number of carbonyl (C=O) groups excluding carboxylic acids is 2. The number of methoxy groups -OCH3 is 1. The van der Waals surface area contributed by atoms with E-state index in [0.717, 1.165) is 11.1 Å². The van der Waals surface area contributed by atoms with E-state index in [1.165, 1.54) is 23.6 Å². The molecule has 1 aliphatic heterocycles. The minimum absolute atomic E-state index is 0.145. The molecule has 24 heavy (non-hydrogen) atoms. The van der Waals surface area contributed by atoms with Gasteiger partial charge in [0.25, 0.3) is 0 Å². The minimum Gasteiger partial charge on any atom is -0.467 e. The van der Waals surface area contributed by atoms with Gasteiger partial charge in [-0.05, 0) is 21.6 Å². The maximum atomic E-state index is 12.7. The molecule has 0 saturated carbocycles. The van der Waals surface area contributed by atoms with Crippen molar-refractivity contribution >= 4 is 23.6 Å². The van der Waals surface area contributed by atoms with E-state index in [4.69, 9.17) is 4.74 Å². The summed E-state index contributed by atoms with van der Waals surface area (Å²) in [6.07, 6.45) is 0.463. The second-order valence-electron chi connectivity index (χ2n) is 5.41. The number of tetrazole rings is 1. The standard InChI is InChI=1S/C15H17N5O3S/c1-19-15(16-17-18-19)24-9-13(21)20-8-11-6-4-3-5-10(11)7-12(20)14(22)23-2/h3-6,12H,7-9H2,1-2H3/t12-/m0/s1. The summed E-state index contributed by atoms with van der Waals surface area (Å²) in [6, 6.07) is 7.22. The molecule has 1 aromatic heterocycles. The maximum Gasteiger partial charge on any atom is 0.328 e. The van der Waals surface area contributed by atoms with Gasteiger partial charge in [-0.2, -0.15) is 0 Å². The van der Waals surface area contributed by atoms with Crippen LogP contribution in [-0.2, 0) is 34.3 Å². The average Bonchev–Trinajstić information content (AvgIpc) is 3.02. The third-order valence-corrected chi connectivity index (χ3v) is 4.94. The summed E-state index contributed by atoms with van der Waals surface area (Å²) in [5, 5.41) is 11.7. The van der Waals surface area contributed by atoms with Crippen LogP contribution in [0.4, 0.5) is 0 Å². The number of benzene rings is 1. The summed E-state index contributed by atoms with van der Waals surface area (Å²) in [4.78, 5) is 26.4. The molecule has 2 aromatic rings. The van der Waals surface area contributed by atoms with Crippen LogP contribution >= 0.6 is 11.8 Å². The van der Waals surface area contributed by atoms with Gasteiger partial charge in [0.15, 0.2) is 0 Å². The molecule has 1 aliphatic rings. The maximum absolute atomic E-state index is 12.7. The number of esters is 1. The first-order chi connectivity index (χ1) is 11.6. The Morgan fingerprint density at radius 1 is 1.33 bits per heavy atom. The third-order valence-electron chi connectivity index (χ3n) is 3.95. The van der Waals surface area contributed by atoms with Gasteiger partial charge in [0.1, 0.15) is 6.04 Å². The number of aryl methyl sites for hydroxylation is 1. The number of aromatic nitrogens is 4. The Hall–Kier alpha value is -2.42. The fourth-order valence-electron chi connectivity index (χ4n) is 2.68. The first-order valence-corrected chi connectivity index (χ1v) is 8.38. The Balaban J connectivity index is 1.77. The van der Waals surface area contributed by atoms with Crippen molar-refractivity contribution in [1.82, 2.24) is 25.1 Å². The van der Waals surface area contributed by atoms with Crippen LogP contribution in [0.25, 0.3) is 0 Å². The van der Waals surface area contributed by atoms with Crippen LogP contribution in [0.2, 0.25) is 0 Å². The fourth-order valence-corrected chi connectivity index (χ4v) is 3.42. The Morgan fingerprint density at radius 3 is 2.75 bits per heavy atom. The van der Waals surface area contributed by atoms with E-state index in [1.54, 1.807) is 11.9 Å². The normalized spacial score (nSPS) is 16.6. The second kappa shape index (κ2) is 7.00. The number of carbonyl (C=O) groups is 2. The molecule has 8 nitrogen and oxygen atoms in total. The Morgan fingerprint density at radius 2 is 2.08 bits per heavy atom. The van der Waals surface area contributed by atoms with Crippen molar-refractivity contribution in [1.29, 1.82) is 0 Å². The summed E-state index contributed by atoms with van der Waals surface area (Å²) in [7, 11) is 3.05. The second-order valence-corrected chi connectivity index (χ2v) is 6.35. The molecule has 0 N–H and O–H groups in total. The van der Waals surface area contributed by atoms with Crippen molar-refractivity contribution in [2.75, 3.05) is 12.9 Å². The lowest BCUT2D eigenvalue weighted by atomic mass is 9.94. The summed E-state index contributed by atoms with van der Waals surface area (Å²) in [5.74, 6) is -0.389. The van der Waals surface area contributed by atoms with Crippen LogP contribution in [0.1, 0.15) is 11.1 Å². The zero-order valence-electron chi connectivity index (χ0n) is 13.4. The molecule has 1 atom stereocenters. The zero-order chi connectivity index (χ0) is 17.1. The topological polar surface area (TPSA) is 90.2 Å². The van der Waals surface area contributed by atoms with Crippen LogP contribution in [0.15, 0.2) is 29.4 Å². The van der Waals surface area contributed by atoms with E-state index >= 15 is 0 Å². The van der Waals surface area contributed by atoms with Crippen molar-refractivity contribution < 1.29 is 14.3 Å². The van der Waals surface area contributed by atoms with E-state index in [9.17, 15) is 9.59 Å². The number of amides is 1. The molecule has 1 amide bonds. The molecule has 9 heteroatoms. The van der Waals surface area contributed by atoms with Crippen LogP contribution in [-0.4, -0.2) is 55.9 Å². The highest BCUT2D eigenvalue weighted by Crippen LogP contribution is 2.25. The molecule has 0 fully saturated rings. The van der Waals surface area contributed by atoms with Gasteiger partial charge in [-0.1, -0.05) is 36.0 Å². The van der Waals surface area contributed by atoms with Gasteiger partial charge in [-0.25, -0.2) is 9.48 Å². The van der Waals surface area contributed by atoms with Gasteiger partial charge >= 0.3 is 5.97 Å². The third kappa shape index (κ3) is 3.25. The SMILES string of the molecule is COC(=O)[C@@H]1Cc2ccccc2CN1C(=O)CSc1nnnn1C. The number of hydrogen-bond acceptors (Lipinski definition) is 7. The molecular weight excluding hydrogens is 330 g/mol. The molecule has 0 bridgehead atoms. The largest absolute Gasteiger partial charge is 0.467 e. The van der Waals surface area contributed by atoms with Crippen LogP contribution in [0, 0.1) is 0 Å². The molecule has 0 saturated heterocycles. The number of fused-ring (bicyclic) bond motifs is 1. The number of nitrogens with zero attached hydrogens (tertiary/aromatic N) is 5. The predicted molar refractivity (Wildman–Crippen MR) is 86.0 cm³/mol. The van der Waals surface area contributed by atoms with E-state index in [1.807, 2.05) is 24.3 Å². The smallest absolute Gasteiger partial charge is 0.328 e. The van der Waals surface area contributed by atoms with Crippen LogP contribution in [0.3, 0.4) is 0 Å². The van der Waals surface area contributed by atoms with Gasteiger partial charge in [-0.3, -0.25) is 4.79 Å². The number of thioether (sulfide) groups is 1. The molecule has 2 heterocycles. The molecule has 0 unspecified atom stereocenters. The molecular formula is C15H17N5O3S. The highest BCUT2D eigenvalue weighted by atomic mass is 32.2. The van der Waals surface area contributed by atoms with E-state index in [0.29, 0.717) is 18.1 Å². The molecule has 0 radical (unpaired) electrons. The summed E-state index contributed by atoms with van der Waals surface area (Å²) in [5.41, 5.74) is 2.12. The summed E-state index contributed by atoms with van der Waals surface area (Å²) < 4.78 is 6.38. The van der Waals surface area contributed by atoms with Crippen LogP contribution in [0.5, 0.6) is 0 Å². The van der Waals surface area contributed by atoms with Gasteiger partial charge in [-0.15, -0.1) is 5.10 Å². The number of rotatable bonds is 4. The van der Waals surface area contributed by atoms with Gasteiger partial charge < -0.3 is 9.64 Å². The molecule has 126 valence electrons. The van der Waals surface area contributed by atoms with E-state index < -0.39 is 12.0 Å². The monoisotopic (exact) mass is 347 g/mol. The summed E-state index contributed by atoms with van der Waals surface area (Å²) >= 11 is 1.24. The Kier molecular flexibility index (Phi) is 4.79.